The van der Waals surface area contributed by atoms with Crippen molar-refractivity contribution in [3.63, 3.8) is 0 Å². The van der Waals surface area contributed by atoms with Gasteiger partial charge in [-0.25, -0.2) is 14.6 Å². The summed E-state index contributed by atoms with van der Waals surface area (Å²) in [6, 6.07) is 14.5. The van der Waals surface area contributed by atoms with Gasteiger partial charge in [0.1, 0.15) is 17.7 Å². The van der Waals surface area contributed by atoms with Crippen LogP contribution in [0.1, 0.15) is 29.3 Å². The SMILES string of the molecule is COCCN1C[C@@H](CC(=O)Cc2c(C)c(-c3cnc4c(c3)NC(=O)CN4)nn2-c2ccccc2)[C@H](c2ccnc(F)c2)O1. The highest BCUT2D eigenvalue weighted by Crippen LogP contribution is 2.37. The minimum absolute atomic E-state index is 0.00785. The summed E-state index contributed by atoms with van der Waals surface area (Å²) in [7, 11) is 1.62. The fourth-order valence-corrected chi connectivity index (χ4v) is 5.62. The van der Waals surface area contributed by atoms with Gasteiger partial charge in [-0.3, -0.25) is 14.4 Å². The van der Waals surface area contributed by atoms with Gasteiger partial charge < -0.3 is 15.4 Å². The highest BCUT2D eigenvalue weighted by Gasteiger charge is 2.37. The van der Waals surface area contributed by atoms with Crippen LogP contribution in [0.25, 0.3) is 16.9 Å². The van der Waals surface area contributed by atoms with Crippen molar-refractivity contribution in [3.8, 4) is 16.9 Å². The second-order valence-corrected chi connectivity index (χ2v) is 10.7. The lowest BCUT2D eigenvalue weighted by atomic mass is 9.91. The molecule has 0 spiro atoms. The van der Waals surface area contributed by atoms with Crippen LogP contribution in [0.2, 0.25) is 0 Å². The fourth-order valence-electron chi connectivity index (χ4n) is 5.62. The smallest absolute Gasteiger partial charge is 0.243 e. The topological polar surface area (TPSA) is 124 Å². The molecule has 1 fully saturated rings. The van der Waals surface area contributed by atoms with Crippen molar-refractivity contribution in [2.45, 2.75) is 25.9 Å². The van der Waals surface area contributed by atoms with E-state index >= 15 is 0 Å². The van der Waals surface area contributed by atoms with Gasteiger partial charge in [-0.1, -0.05) is 18.2 Å². The van der Waals surface area contributed by atoms with Gasteiger partial charge in [-0.2, -0.15) is 14.6 Å². The lowest BCUT2D eigenvalue weighted by Crippen LogP contribution is -2.28. The molecule has 6 rings (SSSR count). The number of ketones is 1. The number of halogens is 1. The van der Waals surface area contributed by atoms with Gasteiger partial charge in [0.2, 0.25) is 11.9 Å². The zero-order valence-electron chi connectivity index (χ0n) is 23.9. The number of aromatic nitrogens is 4. The predicted molar refractivity (Wildman–Crippen MR) is 157 cm³/mol. The molecule has 2 N–H and O–H groups in total. The van der Waals surface area contributed by atoms with E-state index in [1.807, 2.05) is 43.3 Å². The van der Waals surface area contributed by atoms with E-state index in [1.54, 1.807) is 29.1 Å². The molecular weight excluding hydrogens is 553 g/mol. The lowest BCUT2D eigenvalue weighted by molar-refractivity contribution is -0.155. The Hall–Kier alpha value is -4.52. The summed E-state index contributed by atoms with van der Waals surface area (Å²) in [5.74, 6) is -0.327. The van der Waals surface area contributed by atoms with E-state index < -0.39 is 12.1 Å². The number of carbonyl (C=O) groups excluding carboxylic acids is 2. The molecule has 0 radical (unpaired) electrons. The summed E-state index contributed by atoms with van der Waals surface area (Å²) < 4.78 is 21.0. The highest BCUT2D eigenvalue weighted by molar-refractivity contribution is 6.00. The molecule has 4 aromatic rings. The number of anilines is 2. The minimum atomic E-state index is -0.594. The molecule has 3 aromatic heterocycles. The van der Waals surface area contributed by atoms with Crippen molar-refractivity contribution in [2.75, 3.05) is 44.0 Å². The Labute approximate surface area is 248 Å². The van der Waals surface area contributed by atoms with Crippen molar-refractivity contribution in [2.24, 2.45) is 5.92 Å². The number of nitrogens with zero attached hydrogens (tertiary/aromatic N) is 5. The number of benzene rings is 1. The van der Waals surface area contributed by atoms with Crippen LogP contribution in [0.5, 0.6) is 0 Å². The zero-order chi connectivity index (χ0) is 29.9. The predicted octanol–water partition coefficient (Wildman–Crippen LogP) is 3.89. The molecule has 12 heteroatoms. The molecule has 5 heterocycles. The number of para-hydroxylation sites is 1. The molecule has 2 aliphatic rings. The Morgan fingerprint density at radius 3 is 2.81 bits per heavy atom. The quantitative estimate of drug-likeness (QED) is 0.267. The number of carbonyl (C=O) groups is 2. The van der Waals surface area contributed by atoms with Gasteiger partial charge >= 0.3 is 0 Å². The molecule has 43 heavy (non-hydrogen) atoms. The third-order valence-electron chi connectivity index (χ3n) is 7.70. The Morgan fingerprint density at radius 1 is 1.19 bits per heavy atom. The molecule has 2 atom stereocenters. The number of ether oxygens (including phenoxy) is 1. The fraction of sp³-hybridized carbons (Fsp3) is 0.323. The Bertz CT molecular complexity index is 1640. The maximum Gasteiger partial charge on any atom is 0.243 e. The number of rotatable bonds is 10. The highest BCUT2D eigenvalue weighted by atomic mass is 19.1. The number of amides is 1. The Morgan fingerprint density at radius 2 is 2.02 bits per heavy atom. The maximum absolute atomic E-state index is 14.0. The first-order valence-electron chi connectivity index (χ1n) is 14.1. The molecule has 11 nitrogen and oxygen atoms in total. The molecule has 0 bridgehead atoms. The number of hydrogen-bond acceptors (Lipinski definition) is 9. The first-order valence-corrected chi connectivity index (χ1v) is 14.1. The van der Waals surface area contributed by atoms with Gasteiger partial charge in [-0.15, -0.1) is 0 Å². The van der Waals surface area contributed by atoms with Crippen LogP contribution in [0.4, 0.5) is 15.9 Å². The summed E-state index contributed by atoms with van der Waals surface area (Å²) >= 11 is 0. The number of Topliss-reactive ketones (excluding diaryl/α,β-unsaturated/α-hetero) is 1. The normalized spacial score (nSPS) is 18.3. The average molecular weight is 586 g/mol. The number of fused-ring (bicyclic) bond motifs is 1. The van der Waals surface area contributed by atoms with Gasteiger partial charge in [0, 0.05) is 56.9 Å². The molecule has 0 aliphatic carbocycles. The molecule has 1 aromatic carbocycles. The number of methoxy groups -OCH3 is 1. The molecule has 0 saturated carbocycles. The van der Waals surface area contributed by atoms with E-state index in [2.05, 4.69) is 20.6 Å². The Balaban J connectivity index is 1.29. The van der Waals surface area contributed by atoms with Crippen molar-refractivity contribution in [1.82, 2.24) is 24.8 Å². The average Bonchev–Trinajstić information content (AvgIpc) is 3.56. The van der Waals surface area contributed by atoms with Crippen LogP contribution < -0.4 is 10.6 Å². The largest absolute Gasteiger partial charge is 0.383 e. The number of hydroxylamine groups is 2. The third-order valence-corrected chi connectivity index (χ3v) is 7.70. The summed E-state index contributed by atoms with van der Waals surface area (Å²) in [5.41, 5.74) is 5.03. The van der Waals surface area contributed by atoms with Crippen molar-refractivity contribution in [3.05, 3.63) is 83.7 Å². The van der Waals surface area contributed by atoms with Gasteiger partial charge in [0.15, 0.2) is 0 Å². The van der Waals surface area contributed by atoms with Crippen LogP contribution in [-0.4, -0.2) is 69.9 Å². The van der Waals surface area contributed by atoms with Crippen LogP contribution in [-0.2, 0) is 25.6 Å². The summed E-state index contributed by atoms with van der Waals surface area (Å²) in [4.78, 5) is 40.0. The lowest BCUT2D eigenvalue weighted by Gasteiger charge is -2.18. The molecule has 1 amide bonds. The monoisotopic (exact) mass is 585 g/mol. The van der Waals surface area contributed by atoms with E-state index in [0.717, 1.165) is 22.5 Å². The van der Waals surface area contributed by atoms with Gasteiger partial charge in [0.05, 0.1) is 35.9 Å². The van der Waals surface area contributed by atoms with E-state index in [4.69, 9.17) is 14.7 Å². The van der Waals surface area contributed by atoms with Crippen molar-refractivity contribution >= 4 is 23.2 Å². The number of hydrogen-bond donors (Lipinski definition) is 2. The van der Waals surface area contributed by atoms with Crippen LogP contribution in [0.3, 0.4) is 0 Å². The van der Waals surface area contributed by atoms with E-state index in [0.29, 0.717) is 42.5 Å². The van der Waals surface area contributed by atoms with E-state index in [-0.39, 0.29) is 37.0 Å². The van der Waals surface area contributed by atoms with Crippen LogP contribution >= 0.6 is 0 Å². The van der Waals surface area contributed by atoms with Gasteiger partial charge in [-0.05, 0) is 48.4 Å². The second kappa shape index (κ2) is 12.4. The number of nitrogens with one attached hydrogen (secondary N) is 2. The summed E-state index contributed by atoms with van der Waals surface area (Å²) in [6.45, 7) is 3.61. The summed E-state index contributed by atoms with van der Waals surface area (Å²) in [6.07, 6.45) is 2.99. The van der Waals surface area contributed by atoms with E-state index in [1.165, 1.54) is 12.3 Å². The van der Waals surface area contributed by atoms with Crippen molar-refractivity contribution < 1.29 is 23.6 Å². The molecular formula is C31H32FN7O4. The second-order valence-electron chi connectivity index (χ2n) is 10.7. The molecule has 222 valence electrons. The van der Waals surface area contributed by atoms with E-state index in [9.17, 15) is 14.0 Å². The standard InChI is InChI=1S/C31H32FN7O4/c1-19-26(15-24(40)12-22-18-38(10-11-42-2)43-30(22)20-8-9-33-27(32)14-20)39(23-6-4-3-5-7-23)37-29(19)21-13-25-31(34-16-21)35-17-28(41)36-25/h3-9,13-14,16,22,30H,10-12,15,17-18H2,1-2H3,(H,34,35)(H,36,41)/t22-,30+/m1/s1. The summed E-state index contributed by atoms with van der Waals surface area (Å²) in [5, 5.41) is 12.5. The molecule has 2 aliphatic heterocycles. The van der Waals surface area contributed by atoms with Crippen LogP contribution in [0, 0.1) is 18.8 Å². The van der Waals surface area contributed by atoms with Gasteiger partial charge in [0.25, 0.3) is 0 Å². The first kappa shape index (κ1) is 28.6. The molecule has 1 saturated heterocycles. The van der Waals surface area contributed by atoms with Crippen LogP contribution in [0.15, 0.2) is 60.9 Å². The minimum Gasteiger partial charge on any atom is -0.383 e. The first-order chi connectivity index (χ1) is 20.9. The molecule has 0 unspecified atom stereocenters. The third kappa shape index (κ3) is 6.17. The number of pyridine rings is 2. The van der Waals surface area contributed by atoms with Crippen molar-refractivity contribution in [1.29, 1.82) is 0 Å². The maximum atomic E-state index is 14.0. The zero-order valence-corrected chi connectivity index (χ0v) is 23.9. The Kier molecular flexibility index (Phi) is 8.23.